The topological polar surface area (TPSA) is 135 Å². The number of hydrogen-bond acceptors (Lipinski definition) is 8. The highest BCUT2D eigenvalue weighted by molar-refractivity contribution is 7.93. The van der Waals surface area contributed by atoms with Crippen LogP contribution in [0.4, 0.5) is 16.5 Å². The third kappa shape index (κ3) is 4.01. The second-order valence-electron chi connectivity index (χ2n) is 7.72. The number of carbonyl (C=O) groups excluding carboxylic acids is 3. The number of aromatic nitrogens is 1. The van der Waals surface area contributed by atoms with Crippen molar-refractivity contribution in [2.75, 3.05) is 14.9 Å². The zero-order valence-electron chi connectivity index (χ0n) is 17.8. The third-order valence-electron chi connectivity index (χ3n) is 5.39. The Labute approximate surface area is 198 Å². The van der Waals surface area contributed by atoms with Crippen molar-refractivity contribution in [3.05, 3.63) is 47.8 Å². The first kappa shape index (κ1) is 22.0. The number of fused-ring (bicyclic) bond motifs is 1. The molecular weight excluding hydrogens is 480 g/mol. The summed E-state index contributed by atoms with van der Waals surface area (Å²) < 4.78 is 33.6. The van der Waals surface area contributed by atoms with E-state index in [0.29, 0.717) is 28.4 Å². The maximum absolute atomic E-state index is 12.8. The monoisotopic (exact) mass is 498 g/mol. The SMILES string of the molecule is CC1Oc2ccc(-c3csc(NS(=O)(=O)c4ccc(N5C(=O)CCC5=O)cc4)n3)cc2NC1=O. The number of hydrogen-bond donors (Lipinski definition) is 2. The van der Waals surface area contributed by atoms with Gasteiger partial charge in [-0.1, -0.05) is 0 Å². The van der Waals surface area contributed by atoms with E-state index >= 15 is 0 Å². The average molecular weight is 499 g/mol. The van der Waals surface area contributed by atoms with E-state index in [-0.39, 0.29) is 40.6 Å². The summed E-state index contributed by atoms with van der Waals surface area (Å²) in [4.78, 5) is 41.0. The number of carbonyl (C=O) groups is 3. The fourth-order valence-corrected chi connectivity index (χ4v) is 5.61. The number of anilines is 3. The molecule has 0 bridgehead atoms. The van der Waals surface area contributed by atoms with Crippen LogP contribution in [0.25, 0.3) is 11.3 Å². The number of nitrogens with zero attached hydrogens (tertiary/aromatic N) is 2. The van der Waals surface area contributed by atoms with Gasteiger partial charge >= 0.3 is 0 Å². The van der Waals surface area contributed by atoms with Crippen LogP contribution in [0.5, 0.6) is 5.75 Å². The average Bonchev–Trinajstić information content (AvgIpc) is 3.40. The van der Waals surface area contributed by atoms with Gasteiger partial charge in [0.1, 0.15) is 5.75 Å². The Morgan fingerprint density at radius 1 is 1.09 bits per heavy atom. The molecule has 1 aromatic heterocycles. The fraction of sp³-hybridized carbons (Fsp3) is 0.182. The second-order valence-corrected chi connectivity index (χ2v) is 10.3. The molecule has 5 rings (SSSR count). The smallest absolute Gasteiger partial charge is 0.265 e. The van der Waals surface area contributed by atoms with Crippen LogP contribution in [-0.4, -0.2) is 37.2 Å². The minimum atomic E-state index is -3.94. The molecule has 3 amide bonds. The van der Waals surface area contributed by atoms with Crippen molar-refractivity contribution in [3.8, 4) is 17.0 Å². The van der Waals surface area contributed by atoms with E-state index < -0.39 is 16.1 Å². The van der Waals surface area contributed by atoms with Gasteiger partial charge in [0.05, 0.1) is 22.0 Å². The Morgan fingerprint density at radius 3 is 2.50 bits per heavy atom. The van der Waals surface area contributed by atoms with Gasteiger partial charge in [-0.25, -0.2) is 13.4 Å². The number of imide groups is 1. The van der Waals surface area contributed by atoms with Crippen LogP contribution in [0.1, 0.15) is 19.8 Å². The summed E-state index contributed by atoms with van der Waals surface area (Å²) in [5, 5.41) is 4.63. The molecule has 3 heterocycles. The van der Waals surface area contributed by atoms with E-state index in [0.717, 1.165) is 16.2 Å². The molecule has 12 heteroatoms. The minimum absolute atomic E-state index is 0.0325. The normalized spacial score (nSPS) is 17.9. The van der Waals surface area contributed by atoms with Gasteiger partial charge in [0, 0.05) is 23.8 Å². The molecule has 0 aliphatic carbocycles. The highest BCUT2D eigenvalue weighted by Gasteiger charge is 2.30. The summed E-state index contributed by atoms with van der Waals surface area (Å²) in [6, 6.07) is 10.7. The van der Waals surface area contributed by atoms with Crippen molar-refractivity contribution in [2.45, 2.75) is 30.8 Å². The van der Waals surface area contributed by atoms with E-state index in [1.54, 1.807) is 30.5 Å². The predicted octanol–water partition coefficient (Wildman–Crippen LogP) is 2.98. The largest absolute Gasteiger partial charge is 0.479 e. The summed E-state index contributed by atoms with van der Waals surface area (Å²) in [5.41, 5.74) is 2.06. The highest BCUT2D eigenvalue weighted by atomic mass is 32.2. The van der Waals surface area contributed by atoms with Gasteiger partial charge in [0.2, 0.25) is 11.8 Å². The highest BCUT2D eigenvalue weighted by Crippen LogP contribution is 2.35. The summed E-state index contributed by atoms with van der Waals surface area (Å²) in [6.07, 6.45) is -0.283. The number of sulfonamides is 1. The Bertz CT molecular complexity index is 1420. The van der Waals surface area contributed by atoms with Crippen LogP contribution >= 0.6 is 11.3 Å². The zero-order valence-corrected chi connectivity index (χ0v) is 19.4. The molecule has 0 spiro atoms. The molecule has 0 saturated carbocycles. The van der Waals surface area contributed by atoms with E-state index in [9.17, 15) is 22.8 Å². The van der Waals surface area contributed by atoms with Crippen molar-refractivity contribution in [2.24, 2.45) is 0 Å². The number of ether oxygens (including phenoxy) is 1. The maximum atomic E-state index is 12.8. The predicted molar refractivity (Wildman–Crippen MR) is 125 cm³/mol. The first-order chi connectivity index (χ1) is 16.2. The van der Waals surface area contributed by atoms with E-state index in [2.05, 4.69) is 15.0 Å². The van der Waals surface area contributed by atoms with Crippen molar-refractivity contribution < 1.29 is 27.5 Å². The number of benzene rings is 2. The third-order valence-corrected chi connectivity index (χ3v) is 7.63. The van der Waals surface area contributed by atoms with Gasteiger partial charge in [-0.15, -0.1) is 11.3 Å². The molecule has 10 nitrogen and oxygen atoms in total. The fourth-order valence-electron chi connectivity index (χ4n) is 3.63. The number of amides is 3. The molecule has 2 aliphatic rings. The Balaban J connectivity index is 1.33. The van der Waals surface area contributed by atoms with Gasteiger partial charge in [0.25, 0.3) is 15.9 Å². The molecule has 2 aliphatic heterocycles. The first-order valence-corrected chi connectivity index (χ1v) is 12.6. The Morgan fingerprint density at radius 2 is 1.79 bits per heavy atom. The number of thiazole rings is 1. The van der Waals surface area contributed by atoms with E-state index in [4.69, 9.17) is 4.74 Å². The van der Waals surface area contributed by atoms with Gasteiger partial charge < -0.3 is 10.1 Å². The Hall–Kier alpha value is -3.77. The van der Waals surface area contributed by atoms with Crippen LogP contribution in [0, 0.1) is 0 Å². The van der Waals surface area contributed by atoms with Crippen LogP contribution in [0.2, 0.25) is 0 Å². The molecule has 1 saturated heterocycles. The summed E-state index contributed by atoms with van der Waals surface area (Å²) in [6.45, 7) is 1.66. The van der Waals surface area contributed by atoms with Crippen molar-refractivity contribution in [1.82, 2.24) is 4.98 Å². The molecule has 1 unspecified atom stereocenters. The van der Waals surface area contributed by atoms with Gasteiger partial charge in [-0.05, 0) is 49.4 Å². The quantitative estimate of drug-likeness (QED) is 0.516. The zero-order chi connectivity index (χ0) is 24.0. The molecular formula is C22H18N4O6S2. The van der Waals surface area contributed by atoms with Crippen LogP contribution in [0.15, 0.2) is 52.7 Å². The summed E-state index contributed by atoms with van der Waals surface area (Å²) >= 11 is 1.11. The van der Waals surface area contributed by atoms with Crippen LogP contribution < -0.4 is 19.7 Å². The van der Waals surface area contributed by atoms with Gasteiger partial charge in [-0.2, -0.15) is 0 Å². The molecule has 174 valence electrons. The molecule has 1 atom stereocenters. The lowest BCUT2D eigenvalue weighted by molar-refractivity contribution is -0.123. The van der Waals surface area contributed by atoms with Gasteiger partial charge in [-0.3, -0.25) is 24.0 Å². The molecule has 0 radical (unpaired) electrons. The molecule has 1 fully saturated rings. The molecule has 3 aromatic rings. The van der Waals surface area contributed by atoms with Crippen molar-refractivity contribution >= 4 is 55.6 Å². The summed E-state index contributed by atoms with van der Waals surface area (Å²) in [5.74, 6) is -0.317. The standard InChI is InChI=1S/C22H18N4O6S2/c1-12-21(29)23-16-10-13(2-7-18(16)32-12)17-11-33-22(24-17)25-34(30,31)15-5-3-14(4-6-15)26-19(27)8-9-20(26)28/h2-7,10-12H,8-9H2,1H3,(H,23,29)(H,24,25). The Kier molecular flexibility index (Phi) is 5.33. The maximum Gasteiger partial charge on any atom is 0.265 e. The van der Waals surface area contributed by atoms with Crippen molar-refractivity contribution in [1.29, 1.82) is 0 Å². The minimum Gasteiger partial charge on any atom is -0.479 e. The molecule has 34 heavy (non-hydrogen) atoms. The van der Waals surface area contributed by atoms with Crippen LogP contribution in [0.3, 0.4) is 0 Å². The summed E-state index contributed by atoms with van der Waals surface area (Å²) in [7, 11) is -3.94. The van der Waals surface area contributed by atoms with Gasteiger partial charge in [0.15, 0.2) is 11.2 Å². The van der Waals surface area contributed by atoms with Crippen LogP contribution in [-0.2, 0) is 24.4 Å². The van der Waals surface area contributed by atoms with Crippen molar-refractivity contribution in [3.63, 3.8) is 0 Å². The van der Waals surface area contributed by atoms with E-state index in [1.807, 2.05) is 0 Å². The number of rotatable bonds is 5. The lowest BCUT2D eigenvalue weighted by Gasteiger charge is -2.23. The molecule has 2 aromatic carbocycles. The lowest BCUT2D eigenvalue weighted by atomic mass is 10.1. The second kappa shape index (κ2) is 8.22. The van der Waals surface area contributed by atoms with E-state index in [1.165, 1.54) is 24.3 Å². The first-order valence-electron chi connectivity index (χ1n) is 10.3. The molecule has 2 N–H and O–H groups in total. The lowest BCUT2D eigenvalue weighted by Crippen LogP contribution is -2.34. The number of nitrogens with one attached hydrogen (secondary N) is 2.